The first-order valence-electron chi connectivity index (χ1n) is 23.4. The predicted molar refractivity (Wildman–Crippen MR) is 258 cm³/mol. The molecule has 0 spiro atoms. The normalized spacial score (nSPS) is 19.0. The van der Waals surface area contributed by atoms with Gasteiger partial charge in [0, 0.05) is 92.1 Å². The van der Waals surface area contributed by atoms with Gasteiger partial charge in [-0.3, -0.25) is 19.8 Å². The number of fused-ring (bicyclic) bond motifs is 2. The lowest BCUT2D eigenvalue weighted by Crippen LogP contribution is -2.55. The topological polar surface area (TPSA) is 170 Å². The van der Waals surface area contributed by atoms with Gasteiger partial charge in [-0.2, -0.15) is 0 Å². The van der Waals surface area contributed by atoms with E-state index in [4.69, 9.17) is 19.4 Å². The summed E-state index contributed by atoms with van der Waals surface area (Å²) in [7, 11) is 3.32. The maximum Gasteiger partial charge on any atom is 0.328 e. The number of anilines is 2. The summed E-state index contributed by atoms with van der Waals surface area (Å²) in [4.78, 5) is 57.4. The molecule has 1 saturated carbocycles. The summed E-state index contributed by atoms with van der Waals surface area (Å²) in [5, 5.41) is 19.2. The van der Waals surface area contributed by atoms with Crippen molar-refractivity contribution in [3.05, 3.63) is 112 Å². The number of pyridine rings is 1. The molecular formula is C52H57N9O6. The molecule has 6 heterocycles. The number of aliphatic hydroxyl groups is 1. The van der Waals surface area contributed by atoms with Gasteiger partial charge in [0.25, 0.3) is 5.56 Å². The number of benzene rings is 3. The van der Waals surface area contributed by atoms with Crippen LogP contribution < -0.4 is 30.7 Å². The zero-order valence-corrected chi connectivity index (χ0v) is 38.3. The maximum absolute atomic E-state index is 13.0. The van der Waals surface area contributed by atoms with Gasteiger partial charge < -0.3 is 39.2 Å². The molecule has 15 nitrogen and oxygen atoms in total. The summed E-state index contributed by atoms with van der Waals surface area (Å²) in [5.41, 5.74) is 4.60. The van der Waals surface area contributed by atoms with Crippen molar-refractivity contribution in [2.45, 2.75) is 75.2 Å². The van der Waals surface area contributed by atoms with Crippen molar-refractivity contribution in [2.24, 2.45) is 7.05 Å². The van der Waals surface area contributed by atoms with Gasteiger partial charge in [-0.15, -0.1) is 0 Å². The Hall–Kier alpha value is -6.57. The van der Waals surface area contributed by atoms with Crippen molar-refractivity contribution in [1.29, 1.82) is 0 Å². The van der Waals surface area contributed by atoms with E-state index in [1.54, 1.807) is 31.0 Å². The number of piperidine rings is 2. The highest BCUT2D eigenvalue weighted by atomic mass is 16.5. The second-order valence-electron chi connectivity index (χ2n) is 18.6. The van der Waals surface area contributed by atoms with Crippen molar-refractivity contribution < 1.29 is 24.2 Å². The number of hydrogen-bond donors (Lipinski definition) is 4. The van der Waals surface area contributed by atoms with Crippen LogP contribution in [0.3, 0.4) is 0 Å². The van der Waals surface area contributed by atoms with Crippen molar-refractivity contribution >= 4 is 45.4 Å². The Bertz CT molecular complexity index is 2960. The summed E-state index contributed by atoms with van der Waals surface area (Å²) < 4.78 is 14.0. The predicted octanol–water partition coefficient (Wildman–Crippen LogP) is 5.81. The van der Waals surface area contributed by atoms with Crippen molar-refractivity contribution in [3.8, 4) is 28.7 Å². The van der Waals surface area contributed by atoms with Crippen LogP contribution in [0.5, 0.6) is 5.75 Å². The zero-order valence-electron chi connectivity index (χ0n) is 38.3. The molecule has 3 amide bonds. The van der Waals surface area contributed by atoms with Crippen LogP contribution in [-0.2, 0) is 22.2 Å². The molecule has 1 atom stereocenters. The number of imide groups is 1. The van der Waals surface area contributed by atoms with E-state index in [1.165, 1.54) is 4.90 Å². The minimum atomic E-state index is -1.22. The van der Waals surface area contributed by atoms with Crippen LogP contribution in [0.1, 0.15) is 68.7 Å². The van der Waals surface area contributed by atoms with Gasteiger partial charge in [-0.1, -0.05) is 48.2 Å². The van der Waals surface area contributed by atoms with Gasteiger partial charge in [0.1, 0.15) is 11.3 Å². The number of likely N-dealkylation sites (tertiary alicyclic amines) is 1. The third-order valence-electron chi connectivity index (χ3n) is 14.2. The highest BCUT2D eigenvalue weighted by Gasteiger charge is 2.44. The Morgan fingerprint density at radius 3 is 2.45 bits per heavy atom. The number of amides is 3. The first-order chi connectivity index (χ1) is 32.5. The van der Waals surface area contributed by atoms with Gasteiger partial charge in [-0.25, -0.2) is 14.8 Å². The Morgan fingerprint density at radius 1 is 0.925 bits per heavy atom. The van der Waals surface area contributed by atoms with E-state index in [-0.39, 0.29) is 42.7 Å². The number of rotatable bonds is 12. The van der Waals surface area contributed by atoms with Gasteiger partial charge in [-0.05, 0) is 93.0 Å². The second-order valence-corrected chi connectivity index (χ2v) is 18.6. The lowest BCUT2D eigenvalue weighted by atomic mass is 9.87. The lowest BCUT2D eigenvalue weighted by molar-refractivity contribution is -0.120. The number of hydrogen-bond acceptors (Lipinski definition) is 11. The van der Waals surface area contributed by atoms with Crippen molar-refractivity contribution in [2.75, 3.05) is 62.8 Å². The monoisotopic (exact) mass is 903 g/mol. The van der Waals surface area contributed by atoms with Crippen LogP contribution in [0.15, 0.2) is 90.0 Å². The first-order valence-corrected chi connectivity index (χ1v) is 23.4. The molecule has 3 aliphatic heterocycles. The molecule has 4 fully saturated rings. The summed E-state index contributed by atoms with van der Waals surface area (Å²) in [6, 6.07) is 23.5. The molecule has 6 aromatic rings. The molecule has 3 aromatic carbocycles. The molecule has 0 unspecified atom stereocenters. The van der Waals surface area contributed by atoms with Gasteiger partial charge in [0.15, 0.2) is 5.60 Å². The molecule has 10 rings (SSSR count). The summed E-state index contributed by atoms with van der Waals surface area (Å²) >= 11 is 0. The van der Waals surface area contributed by atoms with Gasteiger partial charge >= 0.3 is 6.03 Å². The molecule has 4 N–H and O–H groups in total. The maximum atomic E-state index is 13.0. The number of aromatic nitrogens is 4. The number of urea groups is 1. The number of carbonyl (C=O) groups is 2. The number of H-pyrrole nitrogens is 1. The third-order valence-corrected chi connectivity index (χ3v) is 14.2. The van der Waals surface area contributed by atoms with E-state index in [2.05, 4.69) is 56.3 Å². The molecule has 0 radical (unpaired) electrons. The Labute approximate surface area is 389 Å². The molecule has 346 valence electrons. The minimum absolute atomic E-state index is 0.0114. The van der Waals surface area contributed by atoms with E-state index >= 15 is 0 Å². The quantitative estimate of drug-likeness (QED) is 0.109. The fourth-order valence-electron chi connectivity index (χ4n) is 10.0. The number of ether oxygens (including phenoxy) is 2. The largest absolute Gasteiger partial charge is 0.495 e. The molecular weight excluding hydrogens is 847 g/mol. The average Bonchev–Trinajstić information content (AvgIpc) is 4.04. The fraction of sp³-hybridized carbons (Fsp3) is 0.404. The summed E-state index contributed by atoms with van der Waals surface area (Å²) in [6.45, 7) is 6.38. The van der Waals surface area contributed by atoms with Crippen molar-refractivity contribution in [1.82, 2.24) is 35.1 Å². The molecule has 4 aliphatic rings. The zero-order chi connectivity index (χ0) is 46.3. The molecule has 15 heteroatoms. The van der Waals surface area contributed by atoms with Crippen LogP contribution in [0.2, 0.25) is 0 Å². The standard InChI is InChI=1S/C52H57N9O6/c1-51(54-23-7-8-34-11-16-44(66-3)43(30-34)61-27-20-45(63)56-50(61)65)21-28-59(29-22-51)37-18-25-60(26-19-37)49-55-42-15-12-35(41-32-58(2)48(64)46-39(41)17-24-53-46)31-40(42)47(57-49)52(33-62,67-38-13-14-38)36-9-5-4-6-10-36/h4-6,9-12,15-17,24,30-32,37-38,53-54,62H,13-14,18-23,25-29,33H2,1-3H3,(H,56,63,65)/t52-/m1/s1. The molecule has 3 aromatic heterocycles. The summed E-state index contributed by atoms with van der Waals surface area (Å²) in [5.74, 6) is 7.42. The Kier molecular flexibility index (Phi) is 12.1. The van der Waals surface area contributed by atoms with Gasteiger partial charge in [0.2, 0.25) is 11.9 Å². The third kappa shape index (κ3) is 8.78. The van der Waals surface area contributed by atoms with Crippen LogP contribution >= 0.6 is 0 Å². The highest BCUT2D eigenvalue weighted by Crippen LogP contribution is 2.43. The number of nitrogens with zero attached hydrogens (tertiary/aromatic N) is 6. The Morgan fingerprint density at radius 2 is 1.72 bits per heavy atom. The molecule has 67 heavy (non-hydrogen) atoms. The van der Waals surface area contributed by atoms with E-state index in [1.807, 2.05) is 60.8 Å². The number of aryl methyl sites for hydroxylation is 1. The second kappa shape index (κ2) is 18.3. The molecule has 1 aliphatic carbocycles. The number of nitrogens with one attached hydrogen (secondary N) is 3. The van der Waals surface area contributed by atoms with Gasteiger partial charge in [0.05, 0.1) is 43.3 Å². The number of aromatic amines is 1. The van der Waals surface area contributed by atoms with Crippen LogP contribution in [-0.4, -0.2) is 112 Å². The van der Waals surface area contributed by atoms with E-state index < -0.39 is 11.6 Å². The number of carbonyl (C=O) groups excluding carboxylic acids is 2. The SMILES string of the molecule is COc1ccc(C#CCNC2(C)CCN(C3CCN(c4nc([C@](CO)(OC5CC5)c5ccccc5)c5cc(-c6cn(C)c(=O)c7[nH]ccc67)ccc5n4)CC3)CC2)cc1N1CCC(=O)NC1=O. The smallest absolute Gasteiger partial charge is 0.328 e. The van der Waals surface area contributed by atoms with Crippen LogP contribution in [0.25, 0.3) is 32.9 Å². The molecule has 3 saturated heterocycles. The first kappa shape index (κ1) is 44.3. The van der Waals surface area contributed by atoms with E-state index in [9.17, 15) is 19.5 Å². The summed E-state index contributed by atoms with van der Waals surface area (Å²) in [6.07, 6.45) is 9.71. The van der Waals surface area contributed by atoms with Crippen molar-refractivity contribution in [3.63, 3.8) is 0 Å². The Balaban J connectivity index is 0.841. The van der Waals surface area contributed by atoms with E-state index in [0.717, 1.165) is 103 Å². The minimum Gasteiger partial charge on any atom is -0.495 e. The molecule has 0 bridgehead atoms. The van der Waals surface area contributed by atoms with Crippen LogP contribution in [0, 0.1) is 11.8 Å². The lowest BCUT2D eigenvalue weighted by Gasteiger charge is -2.45. The average molecular weight is 904 g/mol. The highest BCUT2D eigenvalue weighted by molar-refractivity contribution is 6.06. The number of methoxy groups -OCH3 is 1. The van der Waals surface area contributed by atoms with E-state index in [0.29, 0.717) is 41.2 Å². The van der Waals surface area contributed by atoms with Crippen LogP contribution in [0.4, 0.5) is 16.4 Å². The number of aliphatic hydroxyl groups excluding tert-OH is 1. The fourth-order valence-corrected chi connectivity index (χ4v) is 10.0.